The van der Waals surface area contributed by atoms with Crippen LogP contribution in [0.3, 0.4) is 0 Å². The van der Waals surface area contributed by atoms with Gasteiger partial charge in [0.15, 0.2) is 29.0 Å². The van der Waals surface area contributed by atoms with E-state index in [1.807, 2.05) is 0 Å². The number of ether oxygens (including phenoxy) is 2. The van der Waals surface area contributed by atoms with Gasteiger partial charge in [-0.25, -0.2) is 17.6 Å². The quantitative estimate of drug-likeness (QED) is 0.208. The number of hydrogen-bond acceptors (Lipinski definition) is 2. The Morgan fingerprint density at radius 1 is 0.775 bits per heavy atom. The lowest BCUT2D eigenvalue weighted by molar-refractivity contribution is -0.185. The largest absolute Gasteiger partial charge is 0.490 e. The average molecular weight is 571 g/mol. The van der Waals surface area contributed by atoms with Crippen molar-refractivity contribution in [1.29, 1.82) is 0 Å². The first-order valence-corrected chi connectivity index (χ1v) is 13.2. The van der Waals surface area contributed by atoms with Crippen LogP contribution in [0.4, 0.5) is 30.7 Å². The number of hydrogen-bond donors (Lipinski definition) is 0. The van der Waals surface area contributed by atoms with E-state index in [9.17, 15) is 30.7 Å². The SMILES string of the molecule is CC(C)C.CC1CCC(COc2ccc(-c3ccc(C(F)(F)Oc4cc(F)c(F)c(F)c4)cc3)c(F)c2F)CC1. The highest BCUT2D eigenvalue weighted by Gasteiger charge is 2.35. The fourth-order valence-electron chi connectivity index (χ4n) is 4.21. The van der Waals surface area contributed by atoms with Crippen molar-refractivity contribution in [3.63, 3.8) is 0 Å². The van der Waals surface area contributed by atoms with Crippen LogP contribution in [0, 0.1) is 46.8 Å². The van der Waals surface area contributed by atoms with Gasteiger partial charge in [0.05, 0.1) is 12.2 Å². The van der Waals surface area contributed by atoms with Gasteiger partial charge in [0, 0.05) is 17.7 Å². The van der Waals surface area contributed by atoms with Gasteiger partial charge in [-0.2, -0.15) is 13.2 Å². The van der Waals surface area contributed by atoms with Crippen LogP contribution in [0.25, 0.3) is 11.1 Å². The van der Waals surface area contributed by atoms with Crippen LogP contribution in [0.2, 0.25) is 0 Å². The third-order valence-corrected chi connectivity index (χ3v) is 6.39. The summed E-state index contributed by atoms with van der Waals surface area (Å²) in [7, 11) is 0. The Morgan fingerprint density at radius 3 is 1.88 bits per heavy atom. The molecule has 0 aliphatic heterocycles. The monoisotopic (exact) mass is 570 g/mol. The summed E-state index contributed by atoms with van der Waals surface area (Å²) >= 11 is 0. The molecule has 40 heavy (non-hydrogen) atoms. The first-order valence-electron chi connectivity index (χ1n) is 13.2. The van der Waals surface area contributed by atoms with E-state index < -0.39 is 46.5 Å². The van der Waals surface area contributed by atoms with E-state index in [2.05, 4.69) is 32.4 Å². The average Bonchev–Trinajstić information content (AvgIpc) is 2.88. The first kappa shape index (κ1) is 31.3. The minimum absolute atomic E-state index is 0.109. The Morgan fingerprint density at radius 2 is 1.32 bits per heavy atom. The Labute approximate surface area is 230 Å². The summed E-state index contributed by atoms with van der Waals surface area (Å²) in [5.74, 6) is -6.91. The molecule has 0 unspecified atom stereocenters. The Bertz CT molecular complexity index is 1240. The summed E-state index contributed by atoms with van der Waals surface area (Å²) < 4.78 is 108. The molecule has 0 saturated heterocycles. The highest BCUT2D eigenvalue weighted by atomic mass is 19.3. The van der Waals surface area contributed by atoms with Crippen molar-refractivity contribution >= 4 is 0 Å². The summed E-state index contributed by atoms with van der Waals surface area (Å²) in [6.45, 7) is 8.97. The predicted molar refractivity (Wildman–Crippen MR) is 140 cm³/mol. The summed E-state index contributed by atoms with van der Waals surface area (Å²) in [5.41, 5.74) is -0.776. The third kappa shape index (κ3) is 8.15. The molecule has 0 radical (unpaired) electrons. The van der Waals surface area contributed by atoms with Crippen LogP contribution in [0.15, 0.2) is 48.5 Å². The highest BCUT2D eigenvalue weighted by Crippen LogP contribution is 2.36. The van der Waals surface area contributed by atoms with Gasteiger partial charge in [-0.1, -0.05) is 52.7 Å². The fourth-order valence-corrected chi connectivity index (χ4v) is 4.21. The van der Waals surface area contributed by atoms with Crippen molar-refractivity contribution in [2.45, 2.75) is 59.5 Å². The molecule has 1 saturated carbocycles. The lowest BCUT2D eigenvalue weighted by Crippen LogP contribution is -2.22. The van der Waals surface area contributed by atoms with Crippen molar-refractivity contribution in [2.24, 2.45) is 17.8 Å². The second kappa shape index (κ2) is 13.4. The van der Waals surface area contributed by atoms with Gasteiger partial charge in [0.2, 0.25) is 5.82 Å². The van der Waals surface area contributed by atoms with Crippen LogP contribution in [0.1, 0.15) is 58.9 Å². The molecule has 1 aliphatic carbocycles. The molecular weight excluding hydrogens is 537 g/mol. The van der Waals surface area contributed by atoms with E-state index in [1.54, 1.807) is 0 Å². The van der Waals surface area contributed by atoms with Gasteiger partial charge >= 0.3 is 6.11 Å². The van der Waals surface area contributed by atoms with Crippen LogP contribution >= 0.6 is 0 Å². The van der Waals surface area contributed by atoms with Gasteiger partial charge in [-0.15, -0.1) is 0 Å². The Balaban J connectivity index is 0.00000103. The van der Waals surface area contributed by atoms with Crippen molar-refractivity contribution in [1.82, 2.24) is 0 Å². The molecule has 3 aromatic carbocycles. The molecule has 218 valence electrons. The maximum absolute atomic E-state index is 14.8. The fraction of sp³-hybridized carbons (Fsp3) is 0.419. The maximum atomic E-state index is 14.8. The van der Waals surface area contributed by atoms with Crippen LogP contribution in [-0.4, -0.2) is 6.61 Å². The predicted octanol–water partition coefficient (Wildman–Crippen LogP) is 10.0. The zero-order valence-electron chi connectivity index (χ0n) is 22.8. The van der Waals surface area contributed by atoms with Crippen LogP contribution in [0.5, 0.6) is 11.5 Å². The molecule has 9 heteroatoms. The number of alkyl halides is 2. The van der Waals surface area contributed by atoms with Crippen molar-refractivity contribution < 1.29 is 40.2 Å². The zero-order chi connectivity index (χ0) is 29.6. The number of benzene rings is 3. The summed E-state index contributed by atoms with van der Waals surface area (Å²) in [6.07, 6.45) is 0.0287. The van der Waals surface area contributed by atoms with E-state index in [0.29, 0.717) is 5.92 Å². The molecule has 3 aromatic rings. The van der Waals surface area contributed by atoms with E-state index in [0.717, 1.165) is 55.9 Å². The number of halogens is 7. The van der Waals surface area contributed by atoms with Crippen LogP contribution in [-0.2, 0) is 6.11 Å². The molecular formula is C31H33F7O2. The Hall–Kier alpha value is -3.23. The summed E-state index contributed by atoms with van der Waals surface area (Å²) in [6, 6.07) is 7.22. The highest BCUT2D eigenvalue weighted by molar-refractivity contribution is 5.65. The van der Waals surface area contributed by atoms with E-state index in [4.69, 9.17) is 4.74 Å². The molecule has 0 atom stereocenters. The van der Waals surface area contributed by atoms with Gasteiger partial charge < -0.3 is 9.47 Å². The molecule has 2 nitrogen and oxygen atoms in total. The second-order valence-corrected chi connectivity index (χ2v) is 10.8. The molecule has 1 aliphatic rings. The maximum Gasteiger partial charge on any atom is 0.426 e. The van der Waals surface area contributed by atoms with E-state index in [-0.39, 0.29) is 41.5 Å². The van der Waals surface area contributed by atoms with E-state index >= 15 is 0 Å². The molecule has 0 bridgehead atoms. The molecule has 0 N–H and O–H groups in total. The molecule has 4 rings (SSSR count). The standard InChI is InChI=1S/C27H23F7O2.C4H10/c1-15-2-4-16(5-3-15)14-35-23-11-10-20(24(30)26(23)32)17-6-8-18(9-7-17)27(33,34)36-19-12-21(28)25(31)22(29)13-19;1-4(2)3/h6-13,15-16H,2-5,14H2,1H3;4H,1-3H3. The first-order chi connectivity index (χ1) is 18.8. The minimum Gasteiger partial charge on any atom is -0.490 e. The van der Waals surface area contributed by atoms with Gasteiger partial charge in [-0.3, -0.25) is 0 Å². The topological polar surface area (TPSA) is 18.5 Å². The normalized spacial score (nSPS) is 17.3. The molecule has 0 amide bonds. The summed E-state index contributed by atoms with van der Waals surface area (Å²) in [5, 5.41) is 0. The molecule has 0 heterocycles. The van der Waals surface area contributed by atoms with E-state index in [1.165, 1.54) is 12.1 Å². The van der Waals surface area contributed by atoms with Crippen molar-refractivity contribution in [3.8, 4) is 22.6 Å². The van der Waals surface area contributed by atoms with Gasteiger partial charge in [0.25, 0.3) is 0 Å². The Kier molecular flexibility index (Phi) is 10.5. The lowest BCUT2D eigenvalue weighted by atomic mass is 9.83. The third-order valence-electron chi connectivity index (χ3n) is 6.39. The van der Waals surface area contributed by atoms with Crippen molar-refractivity contribution in [2.75, 3.05) is 6.61 Å². The van der Waals surface area contributed by atoms with Gasteiger partial charge in [-0.05, 0) is 60.4 Å². The molecule has 0 aromatic heterocycles. The molecule has 0 spiro atoms. The van der Waals surface area contributed by atoms with Crippen LogP contribution < -0.4 is 9.47 Å². The second-order valence-electron chi connectivity index (χ2n) is 10.8. The summed E-state index contributed by atoms with van der Waals surface area (Å²) in [4.78, 5) is 0. The smallest absolute Gasteiger partial charge is 0.426 e. The lowest BCUT2D eigenvalue weighted by Gasteiger charge is -2.26. The van der Waals surface area contributed by atoms with Crippen molar-refractivity contribution in [3.05, 3.63) is 83.2 Å². The van der Waals surface area contributed by atoms with Gasteiger partial charge in [0.1, 0.15) is 5.75 Å². The zero-order valence-corrected chi connectivity index (χ0v) is 22.8. The minimum atomic E-state index is -4.05. The number of rotatable bonds is 7. The molecule has 1 fully saturated rings.